The average molecular weight is 495 g/mol. The fraction of sp³-hybridized carbons (Fsp3) is 0.360. The van der Waals surface area contributed by atoms with Crippen molar-refractivity contribution in [1.82, 2.24) is 20.0 Å². The first kappa shape index (κ1) is 23.2. The molecule has 1 aromatic heterocycles. The third kappa shape index (κ3) is 5.27. The minimum atomic E-state index is -0.674. The van der Waals surface area contributed by atoms with Gasteiger partial charge in [0.1, 0.15) is 6.61 Å². The Bertz CT molecular complexity index is 1220. The molecule has 3 heterocycles. The number of para-hydroxylation sites is 2. The summed E-state index contributed by atoms with van der Waals surface area (Å²) in [5, 5.41) is 8.54. The van der Waals surface area contributed by atoms with E-state index in [2.05, 4.69) is 16.3 Å². The topological polar surface area (TPSA) is 98.0 Å². The third-order valence-electron chi connectivity index (χ3n) is 5.92. The molecule has 1 fully saturated rings. The van der Waals surface area contributed by atoms with Gasteiger partial charge >= 0.3 is 0 Å². The quantitative estimate of drug-likeness (QED) is 0.500. The molecule has 2 aromatic carbocycles. The summed E-state index contributed by atoms with van der Waals surface area (Å²) in [6, 6.07) is 13.4. The lowest BCUT2D eigenvalue weighted by atomic mass is 10.1. The molecule has 182 valence electrons. The monoisotopic (exact) mass is 494 g/mol. The van der Waals surface area contributed by atoms with Crippen molar-refractivity contribution in [3.05, 3.63) is 53.6 Å². The van der Waals surface area contributed by atoms with Gasteiger partial charge in [-0.1, -0.05) is 41.1 Å². The van der Waals surface area contributed by atoms with E-state index in [1.807, 2.05) is 44.2 Å². The highest BCUT2D eigenvalue weighted by atomic mass is 32.2. The predicted octanol–water partition coefficient (Wildman–Crippen LogP) is 2.96. The van der Waals surface area contributed by atoms with Crippen molar-refractivity contribution in [2.75, 3.05) is 38.5 Å². The molecule has 10 heteroatoms. The van der Waals surface area contributed by atoms with E-state index in [9.17, 15) is 9.59 Å². The van der Waals surface area contributed by atoms with Crippen molar-refractivity contribution in [2.45, 2.75) is 25.2 Å². The SMILES string of the molecule is Cc1cc(C)cc(-c2nnc(SCC(=O)N3CCN(C(=O)[C@H]4COc5ccccc5O4)CC3)o2)c1. The second-order valence-electron chi connectivity index (χ2n) is 8.61. The van der Waals surface area contributed by atoms with Gasteiger partial charge in [0.25, 0.3) is 11.1 Å². The van der Waals surface area contributed by atoms with E-state index in [4.69, 9.17) is 13.9 Å². The maximum Gasteiger partial charge on any atom is 0.277 e. The Morgan fingerprint density at radius 2 is 1.66 bits per heavy atom. The number of aromatic nitrogens is 2. The Kier molecular flexibility index (Phi) is 6.63. The second-order valence-corrected chi connectivity index (χ2v) is 9.54. The van der Waals surface area contributed by atoms with Crippen molar-refractivity contribution in [1.29, 1.82) is 0 Å². The van der Waals surface area contributed by atoms with E-state index in [1.54, 1.807) is 15.9 Å². The number of carbonyl (C=O) groups is 2. The van der Waals surface area contributed by atoms with Gasteiger partial charge in [0.2, 0.25) is 17.9 Å². The zero-order valence-corrected chi connectivity index (χ0v) is 20.4. The summed E-state index contributed by atoms with van der Waals surface area (Å²) >= 11 is 1.22. The molecule has 9 nitrogen and oxygen atoms in total. The van der Waals surface area contributed by atoms with Crippen LogP contribution in [-0.2, 0) is 9.59 Å². The Hall–Kier alpha value is -3.53. The molecule has 0 aliphatic carbocycles. The largest absolute Gasteiger partial charge is 0.485 e. The van der Waals surface area contributed by atoms with Crippen LogP contribution in [0.3, 0.4) is 0 Å². The van der Waals surface area contributed by atoms with Crippen molar-refractivity contribution in [3.8, 4) is 23.0 Å². The summed E-state index contributed by atoms with van der Waals surface area (Å²) < 4.78 is 17.2. The van der Waals surface area contributed by atoms with Crippen molar-refractivity contribution in [3.63, 3.8) is 0 Å². The zero-order valence-electron chi connectivity index (χ0n) is 19.6. The van der Waals surface area contributed by atoms with Crippen molar-refractivity contribution in [2.24, 2.45) is 0 Å². The van der Waals surface area contributed by atoms with Crippen LogP contribution in [-0.4, -0.2) is 76.5 Å². The van der Waals surface area contributed by atoms with Gasteiger partial charge in [0.05, 0.1) is 5.75 Å². The summed E-state index contributed by atoms with van der Waals surface area (Å²) in [5.74, 6) is 1.70. The summed E-state index contributed by atoms with van der Waals surface area (Å²) in [7, 11) is 0. The molecule has 0 bridgehead atoms. The Balaban J connectivity index is 1.10. The van der Waals surface area contributed by atoms with Gasteiger partial charge in [-0.15, -0.1) is 10.2 Å². The molecule has 35 heavy (non-hydrogen) atoms. The first-order valence-electron chi connectivity index (χ1n) is 11.5. The lowest BCUT2D eigenvalue weighted by molar-refractivity contribution is -0.145. The minimum Gasteiger partial charge on any atom is -0.485 e. The minimum absolute atomic E-state index is 0.0283. The Morgan fingerprint density at radius 1 is 0.971 bits per heavy atom. The molecule has 0 radical (unpaired) electrons. The van der Waals surface area contributed by atoms with Crippen LogP contribution in [0.15, 0.2) is 52.1 Å². The molecular formula is C25H26N4O5S. The first-order valence-corrected chi connectivity index (χ1v) is 12.4. The van der Waals surface area contributed by atoms with Crippen LogP contribution in [0, 0.1) is 13.8 Å². The molecule has 2 aliphatic heterocycles. The number of ether oxygens (including phenoxy) is 2. The smallest absolute Gasteiger partial charge is 0.277 e. The fourth-order valence-corrected chi connectivity index (χ4v) is 4.88. The number of hydrogen-bond acceptors (Lipinski definition) is 8. The van der Waals surface area contributed by atoms with Crippen LogP contribution < -0.4 is 9.47 Å². The van der Waals surface area contributed by atoms with Crippen LogP contribution >= 0.6 is 11.8 Å². The van der Waals surface area contributed by atoms with Gasteiger partial charge in [-0.25, -0.2) is 0 Å². The maximum atomic E-state index is 12.9. The van der Waals surface area contributed by atoms with Crippen molar-refractivity contribution < 1.29 is 23.5 Å². The molecule has 0 unspecified atom stereocenters. The molecule has 2 amide bonds. The second kappa shape index (κ2) is 9.99. The van der Waals surface area contributed by atoms with Gasteiger partial charge in [-0.2, -0.15) is 0 Å². The molecule has 0 spiro atoms. The number of fused-ring (bicyclic) bond motifs is 1. The number of amides is 2. The number of carbonyl (C=O) groups excluding carboxylic acids is 2. The standard InChI is InChI=1S/C25H26N4O5S/c1-16-11-17(2)13-18(12-16)23-26-27-25(34-23)35-15-22(30)28-7-9-29(10-8-28)24(31)21-14-32-19-5-3-4-6-20(19)33-21/h3-6,11-13,21H,7-10,14-15H2,1-2H3/t21-/m1/s1. The number of nitrogens with zero attached hydrogens (tertiary/aromatic N) is 4. The molecule has 0 saturated carbocycles. The maximum absolute atomic E-state index is 12.9. The fourth-order valence-electron chi connectivity index (χ4n) is 4.22. The van der Waals surface area contributed by atoms with E-state index in [0.717, 1.165) is 16.7 Å². The highest BCUT2D eigenvalue weighted by Gasteiger charge is 2.33. The summed E-state index contributed by atoms with van der Waals surface area (Å²) in [4.78, 5) is 29.1. The molecule has 0 N–H and O–H groups in total. The van der Waals surface area contributed by atoms with Gasteiger partial charge < -0.3 is 23.7 Å². The number of benzene rings is 2. The van der Waals surface area contributed by atoms with Crippen LogP contribution in [0.2, 0.25) is 0 Å². The van der Waals surface area contributed by atoms with Gasteiger partial charge in [0.15, 0.2) is 11.5 Å². The normalized spacial score (nSPS) is 17.4. The number of rotatable bonds is 5. The zero-order chi connectivity index (χ0) is 24.4. The van der Waals surface area contributed by atoms with E-state index < -0.39 is 6.10 Å². The number of aryl methyl sites for hydroxylation is 2. The molecule has 3 aromatic rings. The Labute approximate surface area is 207 Å². The molecule has 2 aliphatic rings. The van der Waals surface area contributed by atoms with Gasteiger partial charge in [-0.3, -0.25) is 9.59 Å². The Morgan fingerprint density at radius 3 is 2.40 bits per heavy atom. The van der Waals surface area contributed by atoms with Crippen LogP contribution in [0.5, 0.6) is 11.5 Å². The molecule has 5 rings (SSSR count). The van der Waals surface area contributed by atoms with Crippen LogP contribution in [0.4, 0.5) is 0 Å². The average Bonchev–Trinajstić information content (AvgIpc) is 3.35. The third-order valence-corrected chi connectivity index (χ3v) is 6.73. The number of hydrogen-bond donors (Lipinski definition) is 0. The number of piperazine rings is 1. The highest BCUT2D eigenvalue weighted by molar-refractivity contribution is 7.99. The highest BCUT2D eigenvalue weighted by Crippen LogP contribution is 2.31. The van der Waals surface area contributed by atoms with E-state index in [1.165, 1.54) is 11.8 Å². The van der Waals surface area contributed by atoms with Crippen molar-refractivity contribution >= 4 is 23.6 Å². The summed E-state index contributed by atoms with van der Waals surface area (Å²) in [6.07, 6.45) is -0.674. The molecule has 1 saturated heterocycles. The van der Waals surface area contributed by atoms with E-state index in [0.29, 0.717) is 48.8 Å². The van der Waals surface area contributed by atoms with E-state index >= 15 is 0 Å². The lowest BCUT2D eigenvalue weighted by Crippen LogP contribution is -2.55. The summed E-state index contributed by atoms with van der Waals surface area (Å²) in [5.41, 5.74) is 3.10. The van der Waals surface area contributed by atoms with Crippen LogP contribution in [0.25, 0.3) is 11.5 Å². The van der Waals surface area contributed by atoms with Crippen LogP contribution in [0.1, 0.15) is 11.1 Å². The molecule has 1 atom stereocenters. The lowest BCUT2D eigenvalue weighted by Gasteiger charge is -2.37. The van der Waals surface area contributed by atoms with E-state index in [-0.39, 0.29) is 24.2 Å². The number of thioether (sulfide) groups is 1. The first-order chi connectivity index (χ1) is 17.0. The molecular weight excluding hydrogens is 468 g/mol. The van der Waals surface area contributed by atoms with Gasteiger partial charge in [0, 0.05) is 31.7 Å². The predicted molar refractivity (Wildman–Crippen MR) is 129 cm³/mol. The summed E-state index contributed by atoms with van der Waals surface area (Å²) in [6.45, 7) is 6.05. The van der Waals surface area contributed by atoms with Gasteiger partial charge in [-0.05, 0) is 38.1 Å².